The lowest BCUT2D eigenvalue weighted by Gasteiger charge is -2.31. The lowest BCUT2D eigenvalue weighted by atomic mass is 9.95. The van der Waals surface area contributed by atoms with E-state index in [1.807, 2.05) is 12.1 Å². The molecule has 1 unspecified atom stereocenters. The number of benzene rings is 1. The van der Waals surface area contributed by atoms with E-state index in [0.29, 0.717) is 31.0 Å². The highest BCUT2D eigenvalue weighted by atomic mass is 35.5. The second-order valence-electron chi connectivity index (χ2n) is 8.12. The minimum absolute atomic E-state index is 0. The van der Waals surface area contributed by atoms with E-state index in [1.54, 1.807) is 35.2 Å². The number of hydrogen-bond acceptors (Lipinski definition) is 4. The Morgan fingerprint density at radius 2 is 1.87 bits per heavy atom. The van der Waals surface area contributed by atoms with Crippen LogP contribution in [0.15, 0.2) is 42.5 Å². The Hall–Kier alpha value is -2.38. The molecule has 2 aliphatic heterocycles. The molecule has 2 amide bonds. The number of piperidine rings is 2. The van der Waals surface area contributed by atoms with E-state index in [0.717, 1.165) is 32.4 Å². The largest absolute Gasteiger partial charge is 0.481 e. The molecule has 2 aliphatic rings. The van der Waals surface area contributed by atoms with Gasteiger partial charge in [-0.15, -0.1) is 12.4 Å². The molecule has 3 N–H and O–H groups in total. The number of carboxylic acid groups (broad SMARTS) is 1. The first kappa shape index (κ1) is 24.9. The fourth-order valence-electron chi connectivity index (χ4n) is 4.13. The summed E-state index contributed by atoms with van der Waals surface area (Å²) < 4.78 is 0. The van der Waals surface area contributed by atoms with Gasteiger partial charge in [-0.3, -0.25) is 14.4 Å². The van der Waals surface area contributed by atoms with Gasteiger partial charge in [0.25, 0.3) is 0 Å². The van der Waals surface area contributed by atoms with Crippen LogP contribution in [-0.2, 0) is 14.4 Å². The third-order valence-electron chi connectivity index (χ3n) is 5.98. The molecular formula is C23H32ClN3O4. The van der Waals surface area contributed by atoms with E-state index < -0.39 is 11.9 Å². The Labute approximate surface area is 189 Å². The number of nitrogens with zero attached hydrogens (tertiary/aromatic N) is 1. The molecule has 0 saturated carbocycles. The van der Waals surface area contributed by atoms with Crippen molar-refractivity contribution in [1.82, 2.24) is 15.5 Å². The molecule has 2 atom stereocenters. The van der Waals surface area contributed by atoms with Crippen molar-refractivity contribution in [2.45, 2.75) is 31.6 Å². The van der Waals surface area contributed by atoms with E-state index >= 15 is 0 Å². The fourth-order valence-corrected chi connectivity index (χ4v) is 4.13. The number of likely N-dealkylation sites (tertiary alicyclic amines) is 1. The molecule has 0 spiro atoms. The number of carboxylic acids is 1. The summed E-state index contributed by atoms with van der Waals surface area (Å²) in [4.78, 5) is 38.6. The average molecular weight is 450 g/mol. The number of rotatable bonds is 7. The molecule has 2 fully saturated rings. The molecule has 31 heavy (non-hydrogen) atoms. The van der Waals surface area contributed by atoms with Crippen molar-refractivity contribution >= 4 is 30.2 Å². The molecule has 1 aromatic rings. The van der Waals surface area contributed by atoms with Gasteiger partial charge in [0.05, 0.1) is 11.8 Å². The molecule has 0 bridgehead atoms. The summed E-state index contributed by atoms with van der Waals surface area (Å²) in [5, 5.41) is 15.6. The quantitative estimate of drug-likeness (QED) is 0.554. The van der Waals surface area contributed by atoms with E-state index in [2.05, 4.69) is 10.6 Å². The molecule has 0 aromatic heterocycles. The fraction of sp³-hybridized carbons (Fsp3) is 0.522. The number of aliphatic carboxylic acids is 1. The molecular weight excluding hydrogens is 418 g/mol. The van der Waals surface area contributed by atoms with Crippen LogP contribution < -0.4 is 10.6 Å². The molecule has 1 aromatic carbocycles. The molecule has 7 nitrogen and oxygen atoms in total. The van der Waals surface area contributed by atoms with Crippen molar-refractivity contribution in [3.05, 3.63) is 48.0 Å². The Morgan fingerprint density at radius 3 is 2.55 bits per heavy atom. The highest BCUT2D eigenvalue weighted by Crippen LogP contribution is 2.20. The number of nitrogens with one attached hydrogen (secondary N) is 2. The maximum atomic E-state index is 12.7. The number of halogens is 1. The van der Waals surface area contributed by atoms with Gasteiger partial charge in [-0.25, -0.2) is 0 Å². The van der Waals surface area contributed by atoms with E-state index in [-0.39, 0.29) is 36.7 Å². The van der Waals surface area contributed by atoms with E-state index in [9.17, 15) is 19.5 Å². The first-order valence-electron chi connectivity index (χ1n) is 10.8. The van der Waals surface area contributed by atoms with E-state index in [4.69, 9.17) is 0 Å². The van der Waals surface area contributed by atoms with Gasteiger partial charge in [0.15, 0.2) is 0 Å². The molecule has 0 aliphatic carbocycles. The smallest absolute Gasteiger partial charge is 0.312 e. The van der Waals surface area contributed by atoms with Gasteiger partial charge in [-0.05, 0) is 56.3 Å². The number of amides is 2. The summed E-state index contributed by atoms with van der Waals surface area (Å²) >= 11 is 0. The van der Waals surface area contributed by atoms with Crippen LogP contribution in [0.1, 0.15) is 37.2 Å². The Kier molecular flexibility index (Phi) is 10.0. The van der Waals surface area contributed by atoms with E-state index in [1.165, 1.54) is 0 Å². The second kappa shape index (κ2) is 12.5. The second-order valence-corrected chi connectivity index (χ2v) is 8.12. The predicted molar refractivity (Wildman–Crippen MR) is 121 cm³/mol. The first-order valence-corrected chi connectivity index (χ1v) is 10.8. The highest BCUT2D eigenvalue weighted by molar-refractivity contribution is 5.88. The summed E-state index contributed by atoms with van der Waals surface area (Å²) in [7, 11) is 0. The zero-order chi connectivity index (χ0) is 21.3. The van der Waals surface area contributed by atoms with Gasteiger partial charge in [0, 0.05) is 19.6 Å². The van der Waals surface area contributed by atoms with Crippen molar-refractivity contribution in [2.75, 3.05) is 32.7 Å². The van der Waals surface area contributed by atoms with Crippen LogP contribution in [0, 0.1) is 11.8 Å². The van der Waals surface area contributed by atoms with Gasteiger partial charge in [-0.2, -0.15) is 0 Å². The lowest BCUT2D eigenvalue weighted by Crippen LogP contribution is -2.46. The monoisotopic (exact) mass is 449 g/mol. The number of carbonyl (C=O) groups is 3. The maximum absolute atomic E-state index is 12.7. The van der Waals surface area contributed by atoms with Crippen LogP contribution in [0.5, 0.6) is 0 Å². The Morgan fingerprint density at radius 1 is 1.16 bits per heavy atom. The summed E-state index contributed by atoms with van der Waals surface area (Å²) in [5.41, 5.74) is 0.661. The van der Waals surface area contributed by atoms with Crippen LogP contribution in [-0.4, -0.2) is 60.5 Å². The van der Waals surface area contributed by atoms with Crippen molar-refractivity contribution in [1.29, 1.82) is 0 Å². The summed E-state index contributed by atoms with van der Waals surface area (Å²) in [6, 6.07) is 8.90. The van der Waals surface area contributed by atoms with Crippen LogP contribution in [0.2, 0.25) is 0 Å². The topological polar surface area (TPSA) is 98.7 Å². The van der Waals surface area contributed by atoms with Crippen LogP contribution in [0.3, 0.4) is 0 Å². The molecule has 2 saturated heterocycles. The molecule has 8 heteroatoms. The van der Waals surface area contributed by atoms with Crippen molar-refractivity contribution in [3.8, 4) is 0 Å². The average Bonchev–Trinajstić information content (AvgIpc) is 2.78. The van der Waals surface area contributed by atoms with Crippen LogP contribution in [0.4, 0.5) is 0 Å². The first-order chi connectivity index (χ1) is 14.5. The third-order valence-corrected chi connectivity index (χ3v) is 5.98. The zero-order valence-corrected chi connectivity index (χ0v) is 18.5. The zero-order valence-electron chi connectivity index (χ0n) is 17.7. The van der Waals surface area contributed by atoms with Crippen molar-refractivity contribution in [3.63, 3.8) is 0 Å². The van der Waals surface area contributed by atoms with Crippen molar-refractivity contribution in [2.24, 2.45) is 11.8 Å². The maximum Gasteiger partial charge on any atom is 0.312 e. The van der Waals surface area contributed by atoms with Gasteiger partial charge in [0.2, 0.25) is 11.8 Å². The number of hydrogen-bond donors (Lipinski definition) is 3. The minimum atomic E-state index is -0.968. The highest BCUT2D eigenvalue weighted by Gasteiger charge is 2.29. The minimum Gasteiger partial charge on any atom is -0.481 e. The number of carbonyl (C=O) groups excluding carboxylic acids is 2. The van der Waals surface area contributed by atoms with Crippen LogP contribution >= 0.6 is 12.4 Å². The van der Waals surface area contributed by atoms with Gasteiger partial charge in [-0.1, -0.05) is 36.4 Å². The summed E-state index contributed by atoms with van der Waals surface area (Å²) in [5.74, 6) is -1.85. The van der Waals surface area contributed by atoms with Crippen LogP contribution in [0.25, 0.3) is 0 Å². The summed E-state index contributed by atoms with van der Waals surface area (Å²) in [6.07, 6.45) is 7.22. The third kappa shape index (κ3) is 7.36. The molecule has 170 valence electrons. The van der Waals surface area contributed by atoms with Gasteiger partial charge < -0.3 is 20.6 Å². The standard InChI is InChI=1S/C23H31N3O4.ClH/c27-21(9-8-17-10-12-24-13-11-17)26-14-4-7-19(16-26)22(28)25-15-20(23(29)30)18-5-2-1-3-6-18;/h1-3,5-6,8-9,17,19-20,24H,4,7,10-16H2,(H,25,28)(H,29,30);1H/b9-8+;/t19-,20?;/m1./s1. The molecule has 2 heterocycles. The predicted octanol–water partition coefficient (Wildman–Crippen LogP) is 2.19. The SMILES string of the molecule is Cl.O=C(O)C(CNC(=O)[C@@H]1CCCN(C(=O)/C=C/C2CCNCC2)C1)c1ccccc1. The Bertz CT molecular complexity index is 765. The van der Waals surface area contributed by atoms with Crippen molar-refractivity contribution < 1.29 is 19.5 Å². The molecule has 3 rings (SSSR count). The summed E-state index contributed by atoms with van der Waals surface area (Å²) in [6.45, 7) is 3.04. The van der Waals surface area contributed by atoms with Gasteiger partial charge in [0.1, 0.15) is 0 Å². The lowest BCUT2D eigenvalue weighted by molar-refractivity contribution is -0.138. The van der Waals surface area contributed by atoms with Gasteiger partial charge >= 0.3 is 5.97 Å². The molecule has 0 radical (unpaired) electrons. The number of allylic oxidation sites excluding steroid dienone is 1. The Balaban J connectivity index is 0.00000341. The normalized spacial score (nSPS) is 20.6.